The zero-order valence-corrected chi connectivity index (χ0v) is 11.0. The second kappa shape index (κ2) is 4.28. The Labute approximate surface area is 100 Å². The molecule has 1 fully saturated rings. The highest BCUT2D eigenvalue weighted by molar-refractivity contribution is 9.09. The molecule has 0 bridgehead atoms. The smallest absolute Gasteiger partial charge is 0.107 e. The number of imidazole rings is 1. The maximum absolute atomic E-state index is 4.29. The monoisotopic (exact) mass is 270 g/mol. The lowest BCUT2D eigenvalue weighted by Gasteiger charge is -2.30. The Hall–Kier alpha value is -0.310. The van der Waals surface area contributed by atoms with Crippen LogP contribution in [0.1, 0.15) is 38.9 Å². The van der Waals surface area contributed by atoms with Gasteiger partial charge in [0.05, 0.1) is 0 Å². The minimum Gasteiger partial charge on any atom is -0.349 e. The molecule has 1 aromatic heterocycles. The van der Waals surface area contributed by atoms with Gasteiger partial charge in [0.2, 0.25) is 0 Å². The van der Waals surface area contributed by atoms with Crippen LogP contribution < -0.4 is 0 Å². The molecule has 0 saturated heterocycles. The van der Waals surface area contributed by atoms with Crippen molar-refractivity contribution in [2.45, 2.75) is 44.4 Å². The lowest BCUT2D eigenvalue weighted by atomic mass is 9.79. The van der Waals surface area contributed by atoms with Gasteiger partial charge in [-0.05, 0) is 24.2 Å². The predicted molar refractivity (Wildman–Crippen MR) is 66.1 cm³/mol. The van der Waals surface area contributed by atoms with E-state index in [1.807, 2.05) is 12.4 Å². The molecule has 2 nitrogen and oxygen atoms in total. The Kier molecular flexibility index (Phi) is 3.19. The number of hydrogen-bond donors (Lipinski definition) is 1. The van der Waals surface area contributed by atoms with Crippen molar-refractivity contribution in [1.82, 2.24) is 9.97 Å². The number of nitrogens with zero attached hydrogens (tertiary/aromatic N) is 1. The summed E-state index contributed by atoms with van der Waals surface area (Å²) in [6, 6.07) is 0. The molecule has 2 rings (SSSR count). The maximum Gasteiger partial charge on any atom is 0.107 e. The van der Waals surface area contributed by atoms with Crippen LogP contribution in [0.5, 0.6) is 0 Å². The fourth-order valence-corrected chi connectivity index (χ4v) is 4.05. The molecule has 1 saturated carbocycles. The first-order chi connectivity index (χ1) is 7.09. The number of rotatable bonds is 3. The van der Waals surface area contributed by atoms with Gasteiger partial charge in [0, 0.05) is 23.6 Å². The minimum atomic E-state index is 0.487. The molecule has 15 heavy (non-hydrogen) atoms. The van der Waals surface area contributed by atoms with Gasteiger partial charge in [-0.3, -0.25) is 0 Å². The molecule has 2 atom stereocenters. The van der Waals surface area contributed by atoms with Crippen molar-refractivity contribution < 1.29 is 0 Å². The second-order valence-corrected chi connectivity index (χ2v) is 6.42. The Balaban J connectivity index is 1.99. The number of aromatic amines is 1. The number of H-pyrrole nitrogens is 1. The SMILES string of the molecule is CC1(C)CCCC1C(Br)Cc1ncc[nH]1. The molecule has 0 radical (unpaired) electrons. The molecule has 1 aromatic rings. The summed E-state index contributed by atoms with van der Waals surface area (Å²) in [7, 11) is 0. The third-order valence-electron chi connectivity index (χ3n) is 3.72. The van der Waals surface area contributed by atoms with Crippen LogP contribution in [0.15, 0.2) is 12.4 Å². The largest absolute Gasteiger partial charge is 0.349 e. The minimum absolute atomic E-state index is 0.487. The molecule has 0 spiro atoms. The highest BCUT2D eigenvalue weighted by Gasteiger charge is 2.38. The van der Waals surface area contributed by atoms with E-state index in [-0.39, 0.29) is 0 Å². The molecule has 0 aromatic carbocycles. The number of aromatic nitrogens is 2. The van der Waals surface area contributed by atoms with Crippen LogP contribution in [-0.2, 0) is 6.42 Å². The summed E-state index contributed by atoms with van der Waals surface area (Å²) in [4.78, 5) is 8.02. The first kappa shape index (κ1) is 11.2. The van der Waals surface area contributed by atoms with Gasteiger partial charge < -0.3 is 4.98 Å². The summed E-state index contributed by atoms with van der Waals surface area (Å²) >= 11 is 3.84. The van der Waals surface area contributed by atoms with E-state index in [1.54, 1.807) is 0 Å². The summed E-state index contributed by atoms with van der Waals surface area (Å²) in [5, 5.41) is 0. The molecule has 1 aliphatic rings. The number of halogens is 1. The van der Waals surface area contributed by atoms with Gasteiger partial charge in [-0.1, -0.05) is 36.2 Å². The van der Waals surface area contributed by atoms with Crippen LogP contribution in [0.3, 0.4) is 0 Å². The van der Waals surface area contributed by atoms with E-state index >= 15 is 0 Å². The highest BCUT2D eigenvalue weighted by atomic mass is 79.9. The van der Waals surface area contributed by atoms with Crippen molar-refractivity contribution in [2.24, 2.45) is 11.3 Å². The molecule has 1 aliphatic carbocycles. The first-order valence-electron chi connectivity index (χ1n) is 5.72. The number of hydrogen-bond acceptors (Lipinski definition) is 1. The molecule has 2 unspecified atom stereocenters. The van der Waals surface area contributed by atoms with Gasteiger partial charge >= 0.3 is 0 Å². The van der Waals surface area contributed by atoms with Crippen LogP contribution >= 0.6 is 15.9 Å². The fraction of sp³-hybridized carbons (Fsp3) is 0.750. The quantitative estimate of drug-likeness (QED) is 0.837. The Morgan fingerprint density at radius 3 is 3.00 bits per heavy atom. The topological polar surface area (TPSA) is 28.7 Å². The van der Waals surface area contributed by atoms with Crippen molar-refractivity contribution in [3.05, 3.63) is 18.2 Å². The van der Waals surface area contributed by atoms with E-state index < -0.39 is 0 Å². The van der Waals surface area contributed by atoms with Crippen LogP contribution in [0.25, 0.3) is 0 Å². The maximum atomic E-state index is 4.29. The second-order valence-electron chi connectivity index (χ2n) is 5.24. The Bertz CT molecular complexity index is 305. The van der Waals surface area contributed by atoms with E-state index in [2.05, 4.69) is 39.7 Å². The summed E-state index contributed by atoms with van der Waals surface area (Å²) < 4.78 is 0. The van der Waals surface area contributed by atoms with Crippen LogP contribution in [0.4, 0.5) is 0 Å². The average molecular weight is 271 g/mol. The van der Waals surface area contributed by atoms with Gasteiger partial charge in [0.25, 0.3) is 0 Å². The summed E-state index contributed by atoms with van der Waals surface area (Å²) in [5.74, 6) is 1.88. The average Bonchev–Trinajstić information content (AvgIpc) is 2.73. The van der Waals surface area contributed by atoms with Crippen LogP contribution in [0, 0.1) is 11.3 Å². The molecule has 0 aliphatic heterocycles. The van der Waals surface area contributed by atoms with Gasteiger partial charge in [-0.15, -0.1) is 0 Å². The van der Waals surface area contributed by atoms with E-state index in [1.165, 1.54) is 19.3 Å². The van der Waals surface area contributed by atoms with E-state index in [0.29, 0.717) is 10.2 Å². The first-order valence-corrected chi connectivity index (χ1v) is 6.63. The summed E-state index contributed by atoms with van der Waals surface area (Å²) in [6.45, 7) is 4.78. The van der Waals surface area contributed by atoms with Crippen molar-refractivity contribution in [1.29, 1.82) is 0 Å². The standard InChI is InChI=1S/C12H19BrN2/c1-12(2)5-3-4-9(12)10(13)8-11-14-6-7-15-11/h6-7,9-10H,3-5,8H2,1-2H3,(H,14,15). The number of nitrogens with one attached hydrogen (secondary N) is 1. The van der Waals surface area contributed by atoms with E-state index in [0.717, 1.165) is 18.2 Å². The summed E-state index contributed by atoms with van der Waals surface area (Å²) in [5.41, 5.74) is 0.487. The van der Waals surface area contributed by atoms with Crippen molar-refractivity contribution >= 4 is 15.9 Å². The lowest BCUT2D eigenvalue weighted by molar-refractivity contribution is 0.254. The van der Waals surface area contributed by atoms with E-state index in [9.17, 15) is 0 Å². The molecule has 1 heterocycles. The lowest BCUT2D eigenvalue weighted by Crippen LogP contribution is -2.27. The Morgan fingerprint density at radius 2 is 2.47 bits per heavy atom. The third-order valence-corrected chi connectivity index (χ3v) is 4.68. The van der Waals surface area contributed by atoms with Gasteiger partial charge in [0.1, 0.15) is 5.82 Å². The number of alkyl halides is 1. The van der Waals surface area contributed by atoms with Gasteiger partial charge in [-0.2, -0.15) is 0 Å². The highest BCUT2D eigenvalue weighted by Crippen LogP contribution is 2.46. The molecule has 0 amide bonds. The van der Waals surface area contributed by atoms with Crippen LogP contribution in [0.2, 0.25) is 0 Å². The van der Waals surface area contributed by atoms with Crippen molar-refractivity contribution in [3.8, 4) is 0 Å². The third kappa shape index (κ3) is 2.44. The molecule has 1 N–H and O–H groups in total. The van der Waals surface area contributed by atoms with E-state index in [4.69, 9.17) is 0 Å². The van der Waals surface area contributed by atoms with Gasteiger partial charge in [-0.25, -0.2) is 4.98 Å². The molecule has 84 valence electrons. The zero-order chi connectivity index (χ0) is 10.9. The zero-order valence-electron chi connectivity index (χ0n) is 9.46. The Morgan fingerprint density at radius 1 is 1.67 bits per heavy atom. The van der Waals surface area contributed by atoms with Gasteiger partial charge in [0.15, 0.2) is 0 Å². The summed E-state index contributed by atoms with van der Waals surface area (Å²) in [6.07, 6.45) is 8.82. The van der Waals surface area contributed by atoms with Crippen LogP contribution in [-0.4, -0.2) is 14.8 Å². The predicted octanol–water partition coefficient (Wildman–Crippen LogP) is 3.54. The molecule has 3 heteroatoms. The molecular formula is C12H19BrN2. The normalized spacial score (nSPS) is 26.7. The molecular weight excluding hydrogens is 252 g/mol. The van der Waals surface area contributed by atoms with Crippen molar-refractivity contribution in [3.63, 3.8) is 0 Å². The van der Waals surface area contributed by atoms with Crippen molar-refractivity contribution in [2.75, 3.05) is 0 Å². The fourth-order valence-electron chi connectivity index (χ4n) is 2.76.